The Hall–Kier alpha value is -2.10. The molecule has 0 unspecified atom stereocenters. The minimum Gasteiger partial charge on any atom is -0.307 e. The molecular weight excluding hydrogens is 294 g/mol. The molecular formula is C16H19N5S. The first-order valence-electron chi connectivity index (χ1n) is 7.12. The van der Waals surface area contributed by atoms with Crippen molar-refractivity contribution in [1.82, 2.24) is 9.97 Å². The summed E-state index contributed by atoms with van der Waals surface area (Å²) in [7, 11) is 0. The van der Waals surface area contributed by atoms with Crippen molar-refractivity contribution < 1.29 is 0 Å². The zero-order valence-electron chi connectivity index (χ0n) is 12.7. The van der Waals surface area contributed by atoms with Gasteiger partial charge >= 0.3 is 0 Å². The lowest BCUT2D eigenvalue weighted by molar-refractivity contribution is 0.631. The minimum absolute atomic E-state index is 0.363. The van der Waals surface area contributed by atoms with Gasteiger partial charge in [0.25, 0.3) is 0 Å². The molecule has 0 radical (unpaired) electrons. The number of rotatable bonds is 6. The van der Waals surface area contributed by atoms with Gasteiger partial charge in [-0.1, -0.05) is 55.9 Å². The third-order valence-corrected chi connectivity index (χ3v) is 3.99. The molecule has 1 aromatic heterocycles. The summed E-state index contributed by atoms with van der Waals surface area (Å²) < 4.78 is 0. The van der Waals surface area contributed by atoms with Crippen LogP contribution in [0, 0.1) is 17.2 Å². The fourth-order valence-electron chi connectivity index (χ4n) is 1.91. The number of hydrogen-bond acceptors (Lipinski definition) is 6. The molecule has 1 heterocycles. The smallest absolute Gasteiger partial charge is 0.190 e. The Morgan fingerprint density at radius 3 is 2.59 bits per heavy atom. The highest BCUT2D eigenvalue weighted by atomic mass is 32.2. The topological polar surface area (TPSA) is 87.6 Å². The SMILES string of the molecule is CC(C)CCSc1nc(NN)c(C#N)c(-c2ccccc2)n1. The first-order chi connectivity index (χ1) is 10.7. The molecule has 2 rings (SSSR count). The van der Waals surface area contributed by atoms with E-state index in [4.69, 9.17) is 5.84 Å². The molecule has 0 saturated carbocycles. The summed E-state index contributed by atoms with van der Waals surface area (Å²) in [5.74, 6) is 7.45. The van der Waals surface area contributed by atoms with E-state index in [1.165, 1.54) is 0 Å². The summed E-state index contributed by atoms with van der Waals surface area (Å²) in [6, 6.07) is 11.7. The van der Waals surface area contributed by atoms with Crippen LogP contribution in [-0.2, 0) is 0 Å². The summed E-state index contributed by atoms with van der Waals surface area (Å²) >= 11 is 1.58. The second-order valence-corrected chi connectivity index (χ2v) is 6.29. The Labute approximate surface area is 134 Å². The lowest BCUT2D eigenvalue weighted by Gasteiger charge is -2.11. The summed E-state index contributed by atoms with van der Waals surface area (Å²) in [5.41, 5.74) is 4.36. The number of aromatic nitrogens is 2. The molecule has 1 aromatic carbocycles. The molecule has 0 atom stereocenters. The Morgan fingerprint density at radius 2 is 2.00 bits per heavy atom. The highest BCUT2D eigenvalue weighted by Gasteiger charge is 2.15. The first-order valence-corrected chi connectivity index (χ1v) is 8.11. The zero-order valence-corrected chi connectivity index (χ0v) is 13.5. The predicted molar refractivity (Wildman–Crippen MR) is 90.2 cm³/mol. The van der Waals surface area contributed by atoms with Gasteiger partial charge in [0.1, 0.15) is 11.6 Å². The van der Waals surface area contributed by atoms with Gasteiger partial charge in [0.05, 0.1) is 5.69 Å². The van der Waals surface area contributed by atoms with Crippen LogP contribution in [0.4, 0.5) is 5.82 Å². The van der Waals surface area contributed by atoms with Crippen molar-refractivity contribution in [3.05, 3.63) is 35.9 Å². The van der Waals surface area contributed by atoms with Crippen LogP contribution in [0.2, 0.25) is 0 Å². The number of anilines is 1. The Bertz CT molecular complexity index is 664. The van der Waals surface area contributed by atoms with Gasteiger partial charge in [-0.2, -0.15) is 5.26 Å². The maximum absolute atomic E-state index is 9.40. The Balaban J connectivity index is 2.40. The molecule has 114 valence electrons. The number of nitriles is 1. The summed E-state index contributed by atoms with van der Waals surface area (Å²) in [6.45, 7) is 4.37. The number of nitrogens with zero attached hydrogens (tertiary/aromatic N) is 3. The minimum atomic E-state index is 0.363. The second-order valence-electron chi connectivity index (χ2n) is 5.23. The molecule has 5 nitrogen and oxygen atoms in total. The van der Waals surface area contributed by atoms with Gasteiger partial charge in [0.15, 0.2) is 11.0 Å². The van der Waals surface area contributed by atoms with Gasteiger partial charge in [-0.05, 0) is 12.3 Å². The Kier molecular flexibility index (Phi) is 5.75. The van der Waals surface area contributed by atoms with Crippen molar-refractivity contribution in [2.75, 3.05) is 11.2 Å². The van der Waals surface area contributed by atoms with E-state index in [2.05, 4.69) is 35.3 Å². The largest absolute Gasteiger partial charge is 0.307 e. The van der Waals surface area contributed by atoms with Crippen LogP contribution in [0.3, 0.4) is 0 Å². The molecule has 0 aliphatic rings. The maximum Gasteiger partial charge on any atom is 0.190 e. The second kappa shape index (κ2) is 7.78. The van der Waals surface area contributed by atoms with Gasteiger partial charge in [-0.3, -0.25) is 0 Å². The van der Waals surface area contributed by atoms with Crippen molar-refractivity contribution in [2.24, 2.45) is 11.8 Å². The molecule has 22 heavy (non-hydrogen) atoms. The maximum atomic E-state index is 9.40. The number of nitrogens with two attached hydrogens (primary N) is 1. The van der Waals surface area contributed by atoms with Crippen LogP contribution in [-0.4, -0.2) is 15.7 Å². The van der Waals surface area contributed by atoms with Crippen molar-refractivity contribution >= 4 is 17.6 Å². The average Bonchev–Trinajstić information content (AvgIpc) is 2.54. The number of benzene rings is 1. The standard InChI is InChI=1S/C16H19N5S/c1-11(2)8-9-22-16-19-14(12-6-4-3-5-7-12)13(10-17)15(20-16)21-18/h3-7,11H,8-9,18H2,1-2H3,(H,19,20,21). The van der Waals surface area contributed by atoms with E-state index >= 15 is 0 Å². The molecule has 0 fully saturated rings. The normalized spacial score (nSPS) is 10.5. The van der Waals surface area contributed by atoms with E-state index in [1.54, 1.807) is 11.8 Å². The van der Waals surface area contributed by atoms with Crippen molar-refractivity contribution in [1.29, 1.82) is 5.26 Å². The molecule has 0 bridgehead atoms. The number of thioether (sulfide) groups is 1. The van der Waals surface area contributed by atoms with E-state index < -0.39 is 0 Å². The Morgan fingerprint density at radius 1 is 1.27 bits per heavy atom. The molecule has 0 aliphatic heterocycles. The fourth-order valence-corrected chi connectivity index (χ4v) is 2.99. The number of nitrogens with one attached hydrogen (secondary N) is 1. The number of nitrogen functional groups attached to an aromatic ring is 1. The van der Waals surface area contributed by atoms with Crippen LogP contribution in [0.25, 0.3) is 11.3 Å². The third kappa shape index (κ3) is 3.97. The lowest BCUT2D eigenvalue weighted by atomic mass is 10.1. The van der Waals surface area contributed by atoms with E-state index in [1.807, 2.05) is 30.3 Å². The van der Waals surface area contributed by atoms with Gasteiger partial charge in [-0.15, -0.1) is 0 Å². The van der Waals surface area contributed by atoms with Crippen LogP contribution in [0.1, 0.15) is 25.8 Å². The molecule has 2 aromatic rings. The zero-order chi connectivity index (χ0) is 15.9. The third-order valence-electron chi connectivity index (χ3n) is 3.11. The first kappa shape index (κ1) is 16.3. The van der Waals surface area contributed by atoms with Crippen molar-refractivity contribution in [2.45, 2.75) is 25.4 Å². The average molecular weight is 313 g/mol. The highest BCUT2D eigenvalue weighted by molar-refractivity contribution is 7.99. The number of hydrazine groups is 1. The van der Waals surface area contributed by atoms with Crippen LogP contribution < -0.4 is 11.3 Å². The summed E-state index contributed by atoms with van der Waals surface area (Å²) in [6.07, 6.45) is 1.08. The molecule has 0 saturated heterocycles. The molecule has 0 aliphatic carbocycles. The van der Waals surface area contributed by atoms with E-state index in [0.717, 1.165) is 17.7 Å². The van der Waals surface area contributed by atoms with Gasteiger partial charge in [0, 0.05) is 11.3 Å². The molecule has 3 N–H and O–H groups in total. The van der Waals surface area contributed by atoms with E-state index in [-0.39, 0.29) is 0 Å². The quantitative estimate of drug-likeness (QED) is 0.367. The lowest BCUT2D eigenvalue weighted by Crippen LogP contribution is -2.12. The van der Waals surface area contributed by atoms with Gasteiger partial charge < -0.3 is 5.43 Å². The van der Waals surface area contributed by atoms with Crippen molar-refractivity contribution in [3.63, 3.8) is 0 Å². The van der Waals surface area contributed by atoms with Crippen LogP contribution in [0.5, 0.6) is 0 Å². The molecule has 0 amide bonds. The highest BCUT2D eigenvalue weighted by Crippen LogP contribution is 2.28. The monoisotopic (exact) mass is 313 g/mol. The van der Waals surface area contributed by atoms with Crippen molar-refractivity contribution in [3.8, 4) is 17.3 Å². The fraction of sp³-hybridized carbons (Fsp3) is 0.312. The predicted octanol–water partition coefficient (Wildman–Crippen LogP) is 3.44. The van der Waals surface area contributed by atoms with Gasteiger partial charge in [-0.25, -0.2) is 15.8 Å². The van der Waals surface area contributed by atoms with E-state index in [9.17, 15) is 5.26 Å². The molecule has 0 spiro atoms. The van der Waals surface area contributed by atoms with Crippen LogP contribution >= 0.6 is 11.8 Å². The van der Waals surface area contributed by atoms with E-state index in [0.29, 0.717) is 28.1 Å². The van der Waals surface area contributed by atoms with Crippen LogP contribution in [0.15, 0.2) is 35.5 Å². The summed E-state index contributed by atoms with van der Waals surface area (Å²) in [5, 5.41) is 10.0. The number of hydrogen-bond donors (Lipinski definition) is 2. The summed E-state index contributed by atoms with van der Waals surface area (Å²) in [4.78, 5) is 8.89. The van der Waals surface area contributed by atoms with Gasteiger partial charge in [0.2, 0.25) is 0 Å². The molecule has 6 heteroatoms.